The van der Waals surface area contributed by atoms with E-state index in [9.17, 15) is 19.7 Å². The number of carbonyl (C=O) groups excluding carboxylic acids is 2. The van der Waals surface area contributed by atoms with Crippen molar-refractivity contribution in [3.8, 4) is 0 Å². The lowest BCUT2D eigenvalue weighted by Crippen LogP contribution is -2.43. The Kier molecular flexibility index (Phi) is 6.11. The molecule has 0 unspecified atom stereocenters. The summed E-state index contributed by atoms with van der Waals surface area (Å²) in [7, 11) is 1.58. The second-order valence-electron chi connectivity index (χ2n) is 7.19. The molecular formula is C21H24N4O4. The van der Waals surface area contributed by atoms with Gasteiger partial charge in [-0.05, 0) is 31.4 Å². The van der Waals surface area contributed by atoms with E-state index in [1.165, 1.54) is 12.1 Å². The molecule has 3 rings (SSSR count). The van der Waals surface area contributed by atoms with E-state index in [4.69, 9.17) is 0 Å². The van der Waals surface area contributed by atoms with Crippen molar-refractivity contribution >= 4 is 23.2 Å². The summed E-state index contributed by atoms with van der Waals surface area (Å²) in [5.74, 6) is -0.550. The van der Waals surface area contributed by atoms with Crippen LogP contribution in [0.2, 0.25) is 0 Å². The highest BCUT2D eigenvalue weighted by molar-refractivity contribution is 6.02. The van der Waals surface area contributed by atoms with Crippen LogP contribution in [0.4, 0.5) is 11.4 Å². The van der Waals surface area contributed by atoms with E-state index in [-0.39, 0.29) is 40.8 Å². The van der Waals surface area contributed by atoms with Crippen molar-refractivity contribution in [3.05, 3.63) is 69.8 Å². The third kappa shape index (κ3) is 4.53. The Bertz CT molecular complexity index is 910. The Morgan fingerprint density at radius 1 is 1.10 bits per heavy atom. The van der Waals surface area contributed by atoms with Crippen molar-refractivity contribution in [2.24, 2.45) is 5.92 Å². The minimum absolute atomic E-state index is 0.0414. The van der Waals surface area contributed by atoms with Crippen molar-refractivity contribution in [1.29, 1.82) is 0 Å². The number of nitro benzene ring substituents is 1. The zero-order valence-electron chi connectivity index (χ0n) is 16.3. The summed E-state index contributed by atoms with van der Waals surface area (Å²) in [6.07, 6.45) is 1.13. The van der Waals surface area contributed by atoms with Gasteiger partial charge in [0.05, 0.1) is 16.5 Å². The molecule has 152 valence electrons. The van der Waals surface area contributed by atoms with E-state index in [1.807, 2.05) is 37.3 Å². The van der Waals surface area contributed by atoms with Crippen LogP contribution < -0.4 is 16.0 Å². The van der Waals surface area contributed by atoms with Gasteiger partial charge in [-0.3, -0.25) is 19.7 Å². The number of carbonyl (C=O) groups is 2. The van der Waals surface area contributed by atoms with Gasteiger partial charge in [0.1, 0.15) is 5.69 Å². The molecule has 0 aliphatic heterocycles. The molecule has 1 aliphatic rings. The minimum atomic E-state index is -0.505. The number of anilines is 1. The Morgan fingerprint density at radius 2 is 1.79 bits per heavy atom. The molecule has 8 heteroatoms. The number of amides is 2. The number of nitrogens with zero attached hydrogens (tertiary/aromatic N) is 1. The summed E-state index contributed by atoms with van der Waals surface area (Å²) in [6.45, 7) is 1.86. The monoisotopic (exact) mass is 396 g/mol. The van der Waals surface area contributed by atoms with Gasteiger partial charge in [-0.1, -0.05) is 36.4 Å². The predicted octanol–water partition coefficient (Wildman–Crippen LogP) is 3.02. The maximum absolute atomic E-state index is 12.9. The lowest BCUT2D eigenvalue weighted by molar-refractivity contribution is -0.384. The third-order valence-electron chi connectivity index (χ3n) is 5.23. The van der Waals surface area contributed by atoms with Gasteiger partial charge in [-0.2, -0.15) is 0 Å². The van der Waals surface area contributed by atoms with E-state index in [0.717, 1.165) is 5.56 Å². The van der Waals surface area contributed by atoms with Gasteiger partial charge in [0, 0.05) is 25.1 Å². The van der Waals surface area contributed by atoms with Crippen LogP contribution in [0.15, 0.2) is 48.5 Å². The molecule has 8 nitrogen and oxygen atoms in total. The van der Waals surface area contributed by atoms with Crippen LogP contribution in [0.1, 0.15) is 41.7 Å². The Hall–Kier alpha value is -3.42. The Labute approximate surface area is 168 Å². The van der Waals surface area contributed by atoms with Crippen LogP contribution in [0.25, 0.3) is 0 Å². The number of rotatable bonds is 7. The molecule has 1 fully saturated rings. The van der Waals surface area contributed by atoms with Gasteiger partial charge in [0.2, 0.25) is 5.91 Å². The summed E-state index contributed by atoms with van der Waals surface area (Å²) < 4.78 is 0. The molecule has 2 aromatic carbocycles. The summed E-state index contributed by atoms with van der Waals surface area (Å²) in [6, 6.07) is 13.6. The molecule has 0 spiro atoms. The second-order valence-corrected chi connectivity index (χ2v) is 7.19. The first-order chi connectivity index (χ1) is 13.9. The molecule has 1 aliphatic carbocycles. The average molecular weight is 396 g/mol. The van der Waals surface area contributed by atoms with Crippen LogP contribution in [0, 0.1) is 16.0 Å². The maximum Gasteiger partial charge on any atom is 0.293 e. The molecule has 2 aromatic rings. The smallest absolute Gasteiger partial charge is 0.293 e. The SMILES string of the molecule is CNC(=O)C1CC(Nc2c(C(=O)N[C@@H](C)c3ccccc3)cccc2[N+](=O)[O-])C1. The highest BCUT2D eigenvalue weighted by Crippen LogP contribution is 2.35. The predicted molar refractivity (Wildman–Crippen MR) is 110 cm³/mol. The first-order valence-electron chi connectivity index (χ1n) is 9.52. The van der Waals surface area contributed by atoms with Crippen LogP contribution in [-0.2, 0) is 4.79 Å². The number of nitrogens with one attached hydrogen (secondary N) is 3. The Balaban J connectivity index is 1.79. The third-order valence-corrected chi connectivity index (χ3v) is 5.23. The van der Waals surface area contributed by atoms with Gasteiger partial charge < -0.3 is 16.0 Å². The molecular weight excluding hydrogens is 372 g/mol. The molecule has 0 radical (unpaired) electrons. The Morgan fingerprint density at radius 3 is 2.41 bits per heavy atom. The van der Waals surface area contributed by atoms with E-state index in [2.05, 4.69) is 16.0 Å². The topological polar surface area (TPSA) is 113 Å². The van der Waals surface area contributed by atoms with Crippen LogP contribution in [0.3, 0.4) is 0 Å². The fourth-order valence-corrected chi connectivity index (χ4v) is 3.49. The van der Waals surface area contributed by atoms with Crippen molar-refractivity contribution in [1.82, 2.24) is 10.6 Å². The average Bonchev–Trinajstić information content (AvgIpc) is 2.70. The normalized spacial score (nSPS) is 18.8. The van der Waals surface area contributed by atoms with Gasteiger partial charge in [0.15, 0.2) is 0 Å². The van der Waals surface area contributed by atoms with Crippen molar-refractivity contribution in [2.75, 3.05) is 12.4 Å². The summed E-state index contributed by atoms with van der Waals surface area (Å²) in [5.41, 5.74) is 1.18. The standard InChI is InChI=1S/C21H24N4O4/c1-13(14-7-4-3-5-8-14)23-21(27)17-9-6-10-18(25(28)29)19(17)24-16-11-15(12-16)20(26)22-2/h3-10,13,15-16,24H,11-12H2,1-2H3,(H,22,26)(H,23,27)/t13-,15?,16?/m0/s1. The summed E-state index contributed by atoms with van der Waals surface area (Å²) >= 11 is 0. The first kappa shape index (κ1) is 20.3. The first-order valence-corrected chi connectivity index (χ1v) is 9.52. The van der Waals surface area contributed by atoms with Crippen molar-refractivity contribution < 1.29 is 14.5 Å². The summed E-state index contributed by atoms with van der Waals surface area (Å²) in [5, 5.41) is 20.1. The second kappa shape index (κ2) is 8.72. The quantitative estimate of drug-likeness (QED) is 0.492. The van der Waals surface area contributed by atoms with E-state index in [0.29, 0.717) is 12.8 Å². The molecule has 2 amide bonds. The van der Waals surface area contributed by atoms with Crippen molar-refractivity contribution in [2.45, 2.75) is 31.8 Å². The molecule has 0 heterocycles. The summed E-state index contributed by atoms with van der Waals surface area (Å²) in [4.78, 5) is 35.6. The molecule has 29 heavy (non-hydrogen) atoms. The maximum atomic E-state index is 12.9. The van der Waals surface area contributed by atoms with E-state index < -0.39 is 10.8 Å². The number of nitro groups is 1. The molecule has 1 atom stereocenters. The fraction of sp³-hybridized carbons (Fsp3) is 0.333. The van der Waals surface area contributed by atoms with E-state index in [1.54, 1.807) is 13.1 Å². The van der Waals surface area contributed by atoms with Gasteiger partial charge in [0.25, 0.3) is 11.6 Å². The van der Waals surface area contributed by atoms with Gasteiger partial charge in [-0.25, -0.2) is 0 Å². The van der Waals surface area contributed by atoms with Crippen LogP contribution >= 0.6 is 0 Å². The van der Waals surface area contributed by atoms with Crippen LogP contribution in [-0.4, -0.2) is 29.8 Å². The van der Waals surface area contributed by atoms with Crippen molar-refractivity contribution in [3.63, 3.8) is 0 Å². The zero-order chi connectivity index (χ0) is 21.0. The number of hydrogen-bond acceptors (Lipinski definition) is 5. The zero-order valence-corrected chi connectivity index (χ0v) is 16.3. The van der Waals surface area contributed by atoms with Gasteiger partial charge in [-0.15, -0.1) is 0 Å². The molecule has 3 N–H and O–H groups in total. The number of para-hydroxylation sites is 1. The van der Waals surface area contributed by atoms with Gasteiger partial charge >= 0.3 is 0 Å². The number of hydrogen-bond donors (Lipinski definition) is 3. The highest BCUT2D eigenvalue weighted by Gasteiger charge is 2.36. The highest BCUT2D eigenvalue weighted by atomic mass is 16.6. The largest absolute Gasteiger partial charge is 0.376 e. The molecule has 0 saturated heterocycles. The molecule has 0 bridgehead atoms. The van der Waals surface area contributed by atoms with E-state index >= 15 is 0 Å². The molecule has 0 aromatic heterocycles. The minimum Gasteiger partial charge on any atom is -0.376 e. The number of benzene rings is 2. The van der Waals surface area contributed by atoms with Crippen LogP contribution in [0.5, 0.6) is 0 Å². The lowest BCUT2D eigenvalue weighted by Gasteiger charge is -2.35. The lowest BCUT2D eigenvalue weighted by atomic mass is 9.79. The fourth-order valence-electron chi connectivity index (χ4n) is 3.49. The molecule has 1 saturated carbocycles.